The van der Waals surface area contributed by atoms with Gasteiger partial charge in [0.25, 0.3) is 5.91 Å². The lowest BCUT2D eigenvalue weighted by molar-refractivity contribution is -0.150. The van der Waals surface area contributed by atoms with Crippen molar-refractivity contribution in [3.8, 4) is 5.75 Å². The number of nitrogens with zero attached hydrogens (tertiary/aromatic N) is 1. The van der Waals surface area contributed by atoms with Crippen molar-refractivity contribution in [2.75, 3.05) is 20.2 Å². The first-order valence-electron chi connectivity index (χ1n) is 7.77. The molecule has 0 bridgehead atoms. The molecule has 0 aliphatic carbocycles. The number of benzene rings is 1. The van der Waals surface area contributed by atoms with Gasteiger partial charge < -0.3 is 19.5 Å². The molecule has 0 saturated carbocycles. The summed E-state index contributed by atoms with van der Waals surface area (Å²) < 4.78 is 10.8. The number of aliphatic carboxylic acids is 1. The molecule has 1 aromatic rings. The van der Waals surface area contributed by atoms with Crippen LogP contribution in [-0.4, -0.2) is 48.2 Å². The molecular weight excluding hydrogens is 298 g/mol. The van der Waals surface area contributed by atoms with Crippen LogP contribution in [-0.2, 0) is 20.9 Å². The fraction of sp³-hybridized carbons (Fsp3) is 0.529. The number of likely N-dealkylation sites (tertiary alicyclic amines) is 1. The molecule has 1 aliphatic rings. The van der Waals surface area contributed by atoms with Gasteiger partial charge in [-0.3, -0.25) is 9.59 Å². The van der Waals surface area contributed by atoms with Crippen molar-refractivity contribution in [2.24, 2.45) is 5.92 Å². The highest BCUT2D eigenvalue weighted by molar-refractivity contribution is 5.81. The van der Waals surface area contributed by atoms with E-state index >= 15 is 0 Å². The highest BCUT2D eigenvalue weighted by Gasteiger charge is 2.30. The number of carboxylic acids is 1. The summed E-state index contributed by atoms with van der Waals surface area (Å²) in [4.78, 5) is 25.1. The second-order valence-electron chi connectivity index (χ2n) is 5.77. The zero-order valence-electron chi connectivity index (χ0n) is 13.5. The molecule has 2 atom stereocenters. The van der Waals surface area contributed by atoms with Gasteiger partial charge in [0.05, 0.1) is 19.6 Å². The molecule has 1 fully saturated rings. The Labute approximate surface area is 136 Å². The number of hydrogen-bond donors (Lipinski definition) is 1. The van der Waals surface area contributed by atoms with E-state index in [9.17, 15) is 9.59 Å². The standard InChI is InChI=1S/C17H23NO5/c1-12(23-11-13-5-3-7-15(9-13)22-2)16(19)18-8-4-6-14(10-18)17(20)21/h3,5,7,9,12,14H,4,6,8,10-11H2,1-2H3,(H,20,21)/t12-,14-/m1/s1. The maximum absolute atomic E-state index is 12.4. The summed E-state index contributed by atoms with van der Waals surface area (Å²) >= 11 is 0. The zero-order valence-corrected chi connectivity index (χ0v) is 13.5. The highest BCUT2D eigenvalue weighted by atomic mass is 16.5. The van der Waals surface area contributed by atoms with Crippen molar-refractivity contribution >= 4 is 11.9 Å². The summed E-state index contributed by atoms with van der Waals surface area (Å²) in [6.45, 7) is 2.86. The first-order chi connectivity index (χ1) is 11.0. The van der Waals surface area contributed by atoms with E-state index in [4.69, 9.17) is 14.6 Å². The first-order valence-corrected chi connectivity index (χ1v) is 7.77. The number of ether oxygens (including phenoxy) is 2. The average molecular weight is 321 g/mol. The van der Waals surface area contributed by atoms with Crippen LogP contribution in [0.25, 0.3) is 0 Å². The highest BCUT2D eigenvalue weighted by Crippen LogP contribution is 2.19. The largest absolute Gasteiger partial charge is 0.497 e. The third-order valence-corrected chi connectivity index (χ3v) is 4.06. The van der Waals surface area contributed by atoms with E-state index in [0.29, 0.717) is 26.0 Å². The molecule has 23 heavy (non-hydrogen) atoms. The van der Waals surface area contributed by atoms with Gasteiger partial charge in [0.2, 0.25) is 0 Å². The van der Waals surface area contributed by atoms with Gasteiger partial charge in [-0.15, -0.1) is 0 Å². The number of piperidine rings is 1. The fourth-order valence-corrected chi connectivity index (χ4v) is 2.69. The molecule has 6 nitrogen and oxygen atoms in total. The molecule has 1 saturated heterocycles. The Hall–Kier alpha value is -2.08. The summed E-state index contributed by atoms with van der Waals surface area (Å²) in [5.41, 5.74) is 0.922. The maximum atomic E-state index is 12.4. The second-order valence-corrected chi connectivity index (χ2v) is 5.77. The summed E-state index contributed by atoms with van der Waals surface area (Å²) in [6.07, 6.45) is 0.734. The smallest absolute Gasteiger partial charge is 0.308 e. The molecular formula is C17H23NO5. The average Bonchev–Trinajstić information content (AvgIpc) is 2.59. The van der Waals surface area contributed by atoms with Crippen LogP contribution in [0, 0.1) is 5.92 Å². The molecule has 1 N–H and O–H groups in total. The Morgan fingerprint density at radius 3 is 2.91 bits per heavy atom. The molecule has 6 heteroatoms. The molecule has 1 aliphatic heterocycles. The normalized spacial score (nSPS) is 19.2. The molecule has 1 heterocycles. The van der Waals surface area contributed by atoms with Gasteiger partial charge in [0.15, 0.2) is 0 Å². The number of carbonyl (C=O) groups excluding carboxylic acids is 1. The number of methoxy groups -OCH3 is 1. The second kappa shape index (κ2) is 7.97. The summed E-state index contributed by atoms with van der Waals surface area (Å²) in [5, 5.41) is 9.10. The lowest BCUT2D eigenvalue weighted by atomic mass is 9.98. The molecule has 126 valence electrons. The fourth-order valence-electron chi connectivity index (χ4n) is 2.69. The van der Waals surface area contributed by atoms with Gasteiger partial charge in [0.1, 0.15) is 11.9 Å². The Bertz CT molecular complexity index is 560. The van der Waals surface area contributed by atoms with E-state index in [2.05, 4.69) is 0 Å². The van der Waals surface area contributed by atoms with E-state index in [0.717, 1.165) is 11.3 Å². The monoisotopic (exact) mass is 321 g/mol. The van der Waals surface area contributed by atoms with Crippen molar-refractivity contribution < 1.29 is 24.2 Å². The summed E-state index contributed by atoms with van der Waals surface area (Å²) in [5.74, 6) is -0.727. The number of carboxylic acid groups (broad SMARTS) is 1. The maximum Gasteiger partial charge on any atom is 0.308 e. The molecule has 0 spiro atoms. The Balaban J connectivity index is 1.88. The number of rotatable bonds is 6. The first kappa shape index (κ1) is 17.3. The topological polar surface area (TPSA) is 76.1 Å². The number of hydrogen-bond acceptors (Lipinski definition) is 4. The van der Waals surface area contributed by atoms with Crippen LogP contribution in [0.5, 0.6) is 5.75 Å². The lowest BCUT2D eigenvalue weighted by Crippen LogP contribution is -2.46. The van der Waals surface area contributed by atoms with Crippen LogP contribution in [0.2, 0.25) is 0 Å². The van der Waals surface area contributed by atoms with Crippen LogP contribution in [0.3, 0.4) is 0 Å². The molecule has 0 aromatic heterocycles. The van der Waals surface area contributed by atoms with Gasteiger partial charge in [-0.2, -0.15) is 0 Å². The van der Waals surface area contributed by atoms with E-state index in [-0.39, 0.29) is 12.5 Å². The Morgan fingerprint density at radius 1 is 1.43 bits per heavy atom. The predicted molar refractivity (Wildman–Crippen MR) is 84.2 cm³/mol. The van der Waals surface area contributed by atoms with Gasteiger partial charge >= 0.3 is 5.97 Å². The van der Waals surface area contributed by atoms with E-state index in [1.54, 1.807) is 18.9 Å². The molecule has 0 unspecified atom stereocenters. The zero-order chi connectivity index (χ0) is 16.8. The minimum Gasteiger partial charge on any atom is -0.497 e. The quantitative estimate of drug-likeness (QED) is 0.866. The molecule has 2 rings (SSSR count). The lowest BCUT2D eigenvalue weighted by Gasteiger charge is -2.32. The van der Waals surface area contributed by atoms with Crippen molar-refractivity contribution in [3.05, 3.63) is 29.8 Å². The summed E-state index contributed by atoms with van der Waals surface area (Å²) in [6, 6.07) is 7.48. The third-order valence-electron chi connectivity index (χ3n) is 4.06. The van der Waals surface area contributed by atoms with Crippen LogP contribution < -0.4 is 4.74 Å². The number of carbonyl (C=O) groups is 2. The minimum absolute atomic E-state index is 0.154. The van der Waals surface area contributed by atoms with Gasteiger partial charge in [0, 0.05) is 13.1 Å². The Morgan fingerprint density at radius 2 is 2.22 bits per heavy atom. The van der Waals surface area contributed by atoms with Crippen molar-refractivity contribution in [2.45, 2.75) is 32.5 Å². The van der Waals surface area contributed by atoms with Gasteiger partial charge in [-0.05, 0) is 37.5 Å². The van der Waals surface area contributed by atoms with E-state index < -0.39 is 18.0 Å². The SMILES string of the molecule is COc1cccc(CO[C@H](C)C(=O)N2CCC[C@@H](C(=O)O)C2)c1. The van der Waals surface area contributed by atoms with Crippen LogP contribution in [0.15, 0.2) is 24.3 Å². The van der Waals surface area contributed by atoms with Crippen molar-refractivity contribution in [3.63, 3.8) is 0 Å². The molecule has 1 aromatic carbocycles. The third kappa shape index (κ3) is 4.69. The van der Waals surface area contributed by atoms with Crippen LogP contribution >= 0.6 is 0 Å². The van der Waals surface area contributed by atoms with Crippen LogP contribution in [0.1, 0.15) is 25.3 Å². The summed E-state index contributed by atoms with van der Waals surface area (Å²) in [7, 11) is 1.60. The molecule has 1 amide bonds. The minimum atomic E-state index is -0.840. The number of amides is 1. The van der Waals surface area contributed by atoms with E-state index in [1.165, 1.54) is 0 Å². The van der Waals surface area contributed by atoms with Gasteiger partial charge in [-0.25, -0.2) is 0 Å². The van der Waals surface area contributed by atoms with E-state index in [1.807, 2.05) is 24.3 Å². The van der Waals surface area contributed by atoms with Crippen molar-refractivity contribution in [1.82, 2.24) is 4.90 Å². The molecule has 0 radical (unpaired) electrons. The Kier molecular flexibility index (Phi) is 5.98. The predicted octanol–water partition coefficient (Wildman–Crippen LogP) is 1.92. The van der Waals surface area contributed by atoms with Crippen molar-refractivity contribution in [1.29, 1.82) is 0 Å². The van der Waals surface area contributed by atoms with Gasteiger partial charge in [-0.1, -0.05) is 12.1 Å². The van der Waals surface area contributed by atoms with Crippen LogP contribution in [0.4, 0.5) is 0 Å².